The van der Waals surface area contributed by atoms with Gasteiger partial charge in [0.1, 0.15) is 5.40 Å². The van der Waals surface area contributed by atoms with E-state index in [0.29, 0.717) is 18.2 Å². The number of hydrogen-bond acceptors (Lipinski definition) is 3. The summed E-state index contributed by atoms with van der Waals surface area (Å²) < 4.78 is 0. The van der Waals surface area contributed by atoms with Gasteiger partial charge in [0.2, 0.25) is 5.12 Å². The summed E-state index contributed by atoms with van der Waals surface area (Å²) in [4.78, 5) is 10.9. The third-order valence-electron chi connectivity index (χ3n) is 1.30. The fraction of sp³-hybridized carbons (Fsp3) is 0.111. The van der Waals surface area contributed by atoms with E-state index in [2.05, 4.69) is 6.07 Å². The fourth-order valence-electron chi connectivity index (χ4n) is 0.793. The zero-order chi connectivity index (χ0) is 8.81. The second kappa shape index (κ2) is 6.88. The number of rotatable bonds is 2. The number of thiocyanates is 1. The van der Waals surface area contributed by atoms with E-state index in [0.717, 1.165) is 5.56 Å². The van der Waals surface area contributed by atoms with E-state index >= 15 is 0 Å². The second-order valence-corrected chi connectivity index (χ2v) is 2.99. The summed E-state index contributed by atoms with van der Waals surface area (Å²) >= 11 is 0.683. The first-order valence-electron chi connectivity index (χ1n) is 3.36. The average Bonchev–Trinajstić information content (AvgIpc) is 2.06. The van der Waals surface area contributed by atoms with Crippen molar-refractivity contribution in [1.29, 1.82) is 5.26 Å². The molecular formula is C9H6NOSW-. The van der Waals surface area contributed by atoms with Crippen molar-refractivity contribution in [2.45, 2.75) is 6.42 Å². The molecule has 2 nitrogen and oxygen atoms in total. The maximum absolute atomic E-state index is 10.9. The molecule has 1 aromatic rings. The van der Waals surface area contributed by atoms with Crippen molar-refractivity contribution in [3.8, 4) is 5.40 Å². The molecule has 0 unspecified atom stereocenters. The van der Waals surface area contributed by atoms with Crippen LogP contribution in [-0.2, 0) is 32.3 Å². The number of thioether (sulfide) groups is 1. The van der Waals surface area contributed by atoms with Crippen molar-refractivity contribution in [3.63, 3.8) is 0 Å². The summed E-state index contributed by atoms with van der Waals surface area (Å²) in [7, 11) is 0. The first-order chi connectivity index (χ1) is 5.83. The van der Waals surface area contributed by atoms with Gasteiger partial charge in [-0.25, -0.2) is 0 Å². The quantitative estimate of drug-likeness (QED) is 0.596. The molecule has 4 heteroatoms. The van der Waals surface area contributed by atoms with Gasteiger partial charge in [0.25, 0.3) is 0 Å². The predicted octanol–water partition coefficient (Wildman–Crippen LogP) is 1.77. The van der Waals surface area contributed by atoms with Crippen molar-refractivity contribution >= 4 is 16.9 Å². The smallest absolute Gasteiger partial charge is 0.205 e. The van der Waals surface area contributed by atoms with Crippen LogP contribution in [0.3, 0.4) is 0 Å². The van der Waals surface area contributed by atoms with Gasteiger partial charge in [0.05, 0.1) is 0 Å². The van der Waals surface area contributed by atoms with Crippen LogP contribution in [0.5, 0.6) is 0 Å². The molecule has 0 radical (unpaired) electrons. The minimum atomic E-state index is -0.122. The normalized spacial score (nSPS) is 8.23. The summed E-state index contributed by atoms with van der Waals surface area (Å²) in [6, 6.07) is 9.98. The third-order valence-corrected chi connectivity index (χ3v) is 1.76. The van der Waals surface area contributed by atoms with Crippen LogP contribution in [0, 0.1) is 16.7 Å². The SMILES string of the molecule is N#CSC(=O)Cc1cc[c-]cc1.[W]. The van der Waals surface area contributed by atoms with Gasteiger partial charge < -0.3 is 0 Å². The summed E-state index contributed by atoms with van der Waals surface area (Å²) in [5.41, 5.74) is 0.918. The molecule has 0 saturated carbocycles. The summed E-state index contributed by atoms with van der Waals surface area (Å²) in [6.45, 7) is 0. The molecule has 1 rings (SSSR count). The maximum atomic E-state index is 10.9. The number of nitrogens with zero attached hydrogens (tertiary/aromatic N) is 1. The first kappa shape index (κ1) is 12.4. The van der Waals surface area contributed by atoms with Crippen LogP contribution in [0.4, 0.5) is 0 Å². The number of carbonyl (C=O) groups excluding carboxylic acids is 1. The molecule has 0 aliphatic heterocycles. The Balaban J connectivity index is 0.00000144. The van der Waals surface area contributed by atoms with E-state index in [1.807, 2.05) is 12.1 Å². The summed E-state index contributed by atoms with van der Waals surface area (Å²) in [6.07, 6.45) is 0.312. The van der Waals surface area contributed by atoms with Crippen LogP contribution in [0.15, 0.2) is 24.3 Å². The molecule has 0 N–H and O–H groups in total. The van der Waals surface area contributed by atoms with Crippen molar-refractivity contribution in [1.82, 2.24) is 0 Å². The molecule has 0 fully saturated rings. The van der Waals surface area contributed by atoms with Crippen LogP contribution >= 0.6 is 11.8 Å². The molecule has 66 valence electrons. The van der Waals surface area contributed by atoms with Crippen LogP contribution < -0.4 is 0 Å². The van der Waals surface area contributed by atoms with Crippen molar-refractivity contribution in [2.24, 2.45) is 0 Å². The fourth-order valence-corrected chi connectivity index (χ4v) is 1.13. The Morgan fingerprint density at radius 3 is 2.69 bits per heavy atom. The molecule has 0 atom stereocenters. The van der Waals surface area contributed by atoms with Gasteiger partial charge in [-0.05, 0) is 0 Å². The Bertz CT molecular complexity index is 307. The topological polar surface area (TPSA) is 40.9 Å². The molecule has 0 heterocycles. The van der Waals surface area contributed by atoms with Gasteiger partial charge >= 0.3 is 0 Å². The van der Waals surface area contributed by atoms with Crippen LogP contribution in [-0.4, -0.2) is 5.12 Å². The molecule has 0 aliphatic carbocycles. The Morgan fingerprint density at radius 1 is 1.54 bits per heavy atom. The predicted molar refractivity (Wildman–Crippen MR) is 47.2 cm³/mol. The van der Waals surface area contributed by atoms with Crippen molar-refractivity contribution in [2.75, 3.05) is 0 Å². The van der Waals surface area contributed by atoms with E-state index in [9.17, 15) is 4.79 Å². The number of hydrogen-bond donors (Lipinski definition) is 0. The molecule has 1 aromatic carbocycles. The summed E-state index contributed by atoms with van der Waals surface area (Å²) in [5.74, 6) is 0. The van der Waals surface area contributed by atoms with Crippen molar-refractivity contribution < 1.29 is 25.9 Å². The molecule has 0 aromatic heterocycles. The Kier molecular flexibility index (Phi) is 6.58. The van der Waals surface area contributed by atoms with E-state index in [1.54, 1.807) is 17.5 Å². The number of benzene rings is 1. The van der Waals surface area contributed by atoms with E-state index in [1.165, 1.54) is 0 Å². The van der Waals surface area contributed by atoms with E-state index in [-0.39, 0.29) is 26.2 Å². The molecule has 0 amide bonds. The molecule has 0 spiro atoms. The second-order valence-electron chi connectivity index (χ2n) is 2.15. The van der Waals surface area contributed by atoms with Gasteiger partial charge in [0.15, 0.2) is 0 Å². The molecule has 13 heavy (non-hydrogen) atoms. The zero-order valence-corrected chi connectivity index (χ0v) is 10.4. The first-order valence-corrected chi connectivity index (χ1v) is 4.18. The monoisotopic (exact) mass is 360 g/mol. The standard InChI is InChI=1S/C9H6NOS.W/c10-7-12-9(11)6-8-4-2-1-3-5-8;/h2-5H,6H2;/q-1;. The van der Waals surface area contributed by atoms with E-state index < -0.39 is 0 Å². The summed E-state index contributed by atoms with van der Waals surface area (Å²) in [5, 5.41) is 9.83. The van der Waals surface area contributed by atoms with Crippen LogP contribution in [0.25, 0.3) is 0 Å². The van der Waals surface area contributed by atoms with Gasteiger partial charge in [-0.3, -0.25) is 4.79 Å². The molecule has 0 aliphatic rings. The minimum Gasteiger partial charge on any atom is -0.286 e. The molecule has 0 bridgehead atoms. The Morgan fingerprint density at radius 2 is 2.15 bits per heavy atom. The van der Waals surface area contributed by atoms with Gasteiger partial charge in [0, 0.05) is 39.2 Å². The van der Waals surface area contributed by atoms with E-state index in [4.69, 9.17) is 5.26 Å². The Labute approximate surface area is 95.6 Å². The average molecular weight is 360 g/mol. The van der Waals surface area contributed by atoms with Crippen LogP contribution in [0.2, 0.25) is 0 Å². The van der Waals surface area contributed by atoms with Gasteiger partial charge in [-0.1, -0.05) is 0 Å². The minimum absolute atomic E-state index is 0. The van der Waals surface area contributed by atoms with Crippen molar-refractivity contribution in [3.05, 3.63) is 35.9 Å². The number of carbonyl (C=O) groups is 1. The zero-order valence-electron chi connectivity index (χ0n) is 6.69. The largest absolute Gasteiger partial charge is 0.286 e. The van der Waals surface area contributed by atoms with Crippen LogP contribution in [0.1, 0.15) is 5.56 Å². The van der Waals surface area contributed by atoms with Gasteiger partial charge in [-0.15, -0.1) is 5.56 Å². The number of nitriles is 1. The molecular weight excluding hydrogens is 354 g/mol. The maximum Gasteiger partial charge on any atom is 0.205 e. The van der Waals surface area contributed by atoms with Gasteiger partial charge in [-0.2, -0.15) is 35.6 Å². The Hall–Kier alpha value is -0.582. The molecule has 0 saturated heterocycles. The third kappa shape index (κ3) is 4.87.